The molecule has 1 N–H and O–H groups in total. The number of hydrogen-bond donors (Lipinski definition) is 1. The molecule has 1 aliphatic rings. The summed E-state index contributed by atoms with van der Waals surface area (Å²) >= 11 is 0. The van der Waals surface area contributed by atoms with Gasteiger partial charge in [-0.15, -0.1) is 0 Å². The smallest absolute Gasteiger partial charge is 0.247 e. The Balaban J connectivity index is 1.99. The van der Waals surface area contributed by atoms with E-state index < -0.39 is 8.24 Å². The van der Waals surface area contributed by atoms with Crippen molar-refractivity contribution in [2.45, 2.75) is 13.3 Å². The topological polar surface area (TPSA) is 12.0 Å². The van der Waals surface area contributed by atoms with Gasteiger partial charge in [0.05, 0.1) is 0 Å². The van der Waals surface area contributed by atoms with E-state index in [4.69, 9.17) is 0 Å². The van der Waals surface area contributed by atoms with Crippen molar-refractivity contribution in [1.29, 1.82) is 0 Å². The molecule has 0 spiro atoms. The molecule has 0 aliphatic heterocycles. The monoisotopic (exact) mass is 353 g/mol. The highest BCUT2D eigenvalue weighted by molar-refractivity contribution is 7.09. The summed E-state index contributed by atoms with van der Waals surface area (Å²) in [5.41, 5.74) is 2.58. The zero-order chi connectivity index (χ0) is 17.8. The van der Waals surface area contributed by atoms with Gasteiger partial charge in [0.25, 0.3) is 0 Å². The number of nitrogens with one attached hydrogen (secondary N) is 1. The Morgan fingerprint density at radius 3 is 1.65 bits per heavy atom. The molecule has 0 saturated heterocycles. The van der Waals surface area contributed by atoms with Crippen molar-refractivity contribution in [3.8, 4) is 0 Å². The lowest BCUT2D eigenvalue weighted by Crippen LogP contribution is -2.66. The highest BCUT2D eigenvalue weighted by atomic mass is 28.3. The van der Waals surface area contributed by atoms with Crippen LogP contribution in [0.5, 0.6) is 0 Å². The number of rotatable bonds is 5. The largest absolute Gasteiger partial charge is 0.400 e. The number of allylic oxidation sites excluding steroid dienone is 4. The van der Waals surface area contributed by atoms with Crippen molar-refractivity contribution in [3.63, 3.8) is 0 Å². The van der Waals surface area contributed by atoms with Gasteiger partial charge in [-0.05, 0) is 41.0 Å². The van der Waals surface area contributed by atoms with Gasteiger partial charge >= 0.3 is 0 Å². The van der Waals surface area contributed by atoms with E-state index in [1.54, 1.807) is 5.20 Å². The predicted molar refractivity (Wildman–Crippen MR) is 114 cm³/mol. The quantitative estimate of drug-likeness (QED) is 0.657. The fourth-order valence-electron chi connectivity index (χ4n) is 3.91. The average Bonchev–Trinajstić information content (AvgIpc) is 3.14. The zero-order valence-electron chi connectivity index (χ0n) is 15.0. The lowest BCUT2D eigenvalue weighted by molar-refractivity contribution is 1.33. The lowest BCUT2D eigenvalue weighted by atomic mass is 10.3. The van der Waals surface area contributed by atoms with Crippen LogP contribution >= 0.6 is 0 Å². The third kappa shape index (κ3) is 2.93. The molecule has 2 heteroatoms. The summed E-state index contributed by atoms with van der Waals surface area (Å²) in [6.07, 6.45) is 5.59. The minimum absolute atomic E-state index is 1.02. The van der Waals surface area contributed by atoms with Crippen LogP contribution in [0.1, 0.15) is 13.3 Å². The van der Waals surface area contributed by atoms with Crippen molar-refractivity contribution in [2.24, 2.45) is 0 Å². The molecule has 128 valence electrons. The van der Waals surface area contributed by atoms with Crippen LogP contribution in [0.25, 0.3) is 0 Å². The third-order valence-electron chi connectivity index (χ3n) is 5.14. The van der Waals surface area contributed by atoms with Gasteiger partial charge in [0.2, 0.25) is 8.24 Å². The molecule has 4 rings (SSSR count). The Kier molecular flexibility index (Phi) is 4.59. The molecule has 0 fully saturated rings. The second-order valence-corrected chi connectivity index (χ2v) is 10.2. The maximum Gasteiger partial charge on any atom is 0.247 e. The van der Waals surface area contributed by atoms with Crippen LogP contribution in [-0.2, 0) is 0 Å². The number of anilines is 1. The maximum atomic E-state index is 4.04. The van der Waals surface area contributed by atoms with Crippen molar-refractivity contribution in [2.75, 3.05) is 4.98 Å². The first kappa shape index (κ1) is 16.6. The zero-order valence-corrected chi connectivity index (χ0v) is 16.0. The van der Waals surface area contributed by atoms with E-state index in [1.165, 1.54) is 21.6 Å². The summed E-state index contributed by atoms with van der Waals surface area (Å²) in [4.78, 5) is 4.04. The van der Waals surface area contributed by atoms with Crippen LogP contribution < -0.4 is 15.4 Å². The Bertz CT molecular complexity index is 888. The van der Waals surface area contributed by atoms with Crippen LogP contribution in [0.2, 0.25) is 0 Å². The fraction of sp³-hybridized carbons (Fsp3) is 0.0833. The van der Waals surface area contributed by atoms with E-state index in [9.17, 15) is 0 Å². The Morgan fingerprint density at radius 2 is 1.19 bits per heavy atom. The first-order chi connectivity index (χ1) is 12.8. The number of benzene rings is 3. The lowest BCUT2D eigenvalue weighted by Gasteiger charge is -2.36. The normalized spacial score (nSPS) is 13.9. The Morgan fingerprint density at radius 1 is 0.692 bits per heavy atom. The minimum Gasteiger partial charge on any atom is -0.400 e. The average molecular weight is 354 g/mol. The van der Waals surface area contributed by atoms with Gasteiger partial charge in [-0.25, -0.2) is 0 Å². The van der Waals surface area contributed by atoms with Gasteiger partial charge in [-0.3, -0.25) is 0 Å². The van der Waals surface area contributed by atoms with Crippen LogP contribution in [0, 0.1) is 0 Å². The first-order valence-corrected chi connectivity index (χ1v) is 11.1. The molecule has 1 aliphatic carbocycles. The second-order valence-electron chi connectivity index (χ2n) is 6.74. The van der Waals surface area contributed by atoms with Gasteiger partial charge in [0, 0.05) is 5.69 Å². The Labute approximate surface area is 156 Å². The van der Waals surface area contributed by atoms with E-state index in [-0.39, 0.29) is 0 Å². The van der Waals surface area contributed by atoms with Gasteiger partial charge < -0.3 is 4.98 Å². The molecule has 0 aromatic heterocycles. The highest BCUT2D eigenvalue weighted by Gasteiger charge is 2.43. The van der Waals surface area contributed by atoms with Gasteiger partial charge in [0.1, 0.15) is 0 Å². The maximum absolute atomic E-state index is 4.04. The molecule has 1 nitrogen and oxygen atoms in total. The third-order valence-corrected chi connectivity index (χ3v) is 9.70. The molecule has 3 aromatic carbocycles. The van der Waals surface area contributed by atoms with Crippen LogP contribution in [0.4, 0.5) is 5.69 Å². The predicted octanol–water partition coefficient (Wildman–Crippen LogP) is 4.67. The summed E-state index contributed by atoms with van der Waals surface area (Å²) in [6.45, 7) is 2.25. The molecule has 0 bridgehead atoms. The van der Waals surface area contributed by atoms with E-state index in [0.717, 1.165) is 6.42 Å². The molecular weight excluding hydrogens is 330 g/mol. The molecule has 0 radical (unpaired) electrons. The highest BCUT2D eigenvalue weighted by Crippen LogP contribution is 2.29. The second kappa shape index (κ2) is 7.18. The van der Waals surface area contributed by atoms with Crippen LogP contribution in [0.3, 0.4) is 0 Å². The SMILES string of the molecule is CC1=C([Si](Nc2ccccc2)(c2ccccc2)c2ccccc2)CC=C1. The Hall–Kier alpha value is -2.84. The summed E-state index contributed by atoms with van der Waals surface area (Å²) in [5.74, 6) is 0. The van der Waals surface area contributed by atoms with Crippen LogP contribution in [0.15, 0.2) is 114 Å². The van der Waals surface area contributed by atoms with E-state index in [2.05, 4.69) is 115 Å². The molecule has 0 amide bonds. The van der Waals surface area contributed by atoms with E-state index in [1.807, 2.05) is 0 Å². The molecular formula is C24H23NSi. The molecule has 0 heterocycles. The molecule has 3 aromatic rings. The molecule has 0 saturated carbocycles. The molecule has 26 heavy (non-hydrogen) atoms. The summed E-state index contributed by atoms with van der Waals surface area (Å²) in [7, 11) is -2.35. The van der Waals surface area contributed by atoms with Crippen molar-refractivity contribution >= 4 is 24.3 Å². The van der Waals surface area contributed by atoms with E-state index >= 15 is 0 Å². The minimum atomic E-state index is -2.35. The van der Waals surface area contributed by atoms with E-state index in [0.29, 0.717) is 0 Å². The fourth-order valence-corrected chi connectivity index (χ4v) is 8.47. The molecule has 0 unspecified atom stereocenters. The van der Waals surface area contributed by atoms with Crippen molar-refractivity contribution in [3.05, 3.63) is 114 Å². The van der Waals surface area contributed by atoms with Crippen molar-refractivity contribution < 1.29 is 0 Å². The summed E-state index contributed by atoms with van der Waals surface area (Å²) < 4.78 is 0. The molecule has 0 atom stereocenters. The van der Waals surface area contributed by atoms with Crippen LogP contribution in [-0.4, -0.2) is 8.24 Å². The van der Waals surface area contributed by atoms with Gasteiger partial charge in [-0.2, -0.15) is 0 Å². The summed E-state index contributed by atoms with van der Waals surface area (Å²) in [5, 5.41) is 4.33. The summed E-state index contributed by atoms with van der Waals surface area (Å²) in [6, 6.07) is 32.6. The van der Waals surface area contributed by atoms with Gasteiger partial charge in [0.15, 0.2) is 0 Å². The van der Waals surface area contributed by atoms with Crippen molar-refractivity contribution in [1.82, 2.24) is 0 Å². The number of para-hydroxylation sites is 1. The number of hydrogen-bond acceptors (Lipinski definition) is 1. The van der Waals surface area contributed by atoms with Gasteiger partial charge in [-0.1, -0.05) is 96.6 Å². The first-order valence-electron chi connectivity index (χ1n) is 9.12. The standard InChI is InChI=1S/C24H23NSi/c1-20-12-11-19-24(20)26(22-15-7-3-8-16-22,23-17-9-4-10-18-23)25-21-13-5-2-6-14-21/h2-18,25H,19H2,1H3.